The van der Waals surface area contributed by atoms with Crippen molar-refractivity contribution >= 4 is 22.9 Å². The van der Waals surface area contributed by atoms with Gasteiger partial charge in [-0.2, -0.15) is 0 Å². The third-order valence-electron chi connectivity index (χ3n) is 4.29. The Labute approximate surface area is 140 Å². The Morgan fingerprint density at radius 3 is 2.57 bits per heavy atom. The molecule has 0 radical (unpaired) electrons. The Bertz CT molecular complexity index is 656. The van der Waals surface area contributed by atoms with E-state index in [0.717, 1.165) is 37.4 Å². The van der Waals surface area contributed by atoms with Crippen LogP contribution in [0.1, 0.15) is 23.3 Å². The molecular formula is C19H21NO2S. The van der Waals surface area contributed by atoms with Gasteiger partial charge in [-0.1, -0.05) is 36.4 Å². The molecule has 1 aliphatic rings. The quantitative estimate of drug-likeness (QED) is 0.663. The molecule has 3 nitrogen and oxygen atoms in total. The third kappa shape index (κ3) is 4.30. The molecule has 2 aromatic rings. The van der Waals surface area contributed by atoms with Crippen molar-refractivity contribution in [1.82, 2.24) is 4.90 Å². The van der Waals surface area contributed by atoms with Gasteiger partial charge in [-0.25, -0.2) is 0 Å². The molecule has 0 saturated carbocycles. The molecule has 1 saturated heterocycles. The van der Waals surface area contributed by atoms with E-state index in [-0.39, 0.29) is 17.5 Å². The lowest BCUT2D eigenvalue weighted by atomic mass is 9.92. The second-order valence-electron chi connectivity index (χ2n) is 5.95. The smallest absolute Gasteiger partial charge is 0.162 e. The van der Waals surface area contributed by atoms with Crippen molar-refractivity contribution < 1.29 is 9.90 Å². The summed E-state index contributed by atoms with van der Waals surface area (Å²) in [4.78, 5) is 15.5. The minimum Gasteiger partial charge on any atom is -0.506 e. The molecule has 0 amide bonds. The number of benzene rings is 1. The average Bonchev–Trinajstić information content (AvgIpc) is 3.11. The monoisotopic (exact) mass is 327 g/mol. The lowest BCUT2D eigenvalue weighted by Gasteiger charge is -2.30. The van der Waals surface area contributed by atoms with Gasteiger partial charge in [0.1, 0.15) is 5.76 Å². The number of likely N-dealkylation sites (tertiary alicyclic amines) is 1. The molecule has 0 bridgehead atoms. The van der Waals surface area contributed by atoms with Gasteiger partial charge in [0.2, 0.25) is 0 Å². The summed E-state index contributed by atoms with van der Waals surface area (Å²) in [6.45, 7) is 2.80. The van der Waals surface area contributed by atoms with Gasteiger partial charge in [0, 0.05) is 18.5 Å². The van der Waals surface area contributed by atoms with Crippen molar-refractivity contribution in [1.29, 1.82) is 0 Å². The number of piperidine rings is 1. The molecule has 2 heterocycles. The van der Waals surface area contributed by atoms with Crippen molar-refractivity contribution in [3.05, 3.63) is 64.4 Å². The van der Waals surface area contributed by atoms with Crippen LogP contribution in [0.4, 0.5) is 0 Å². The van der Waals surface area contributed by atoms with Crippen LogP contribution in [0, 0.1) is 5.92 Å². The zero-order valence-corrected chi connectivity index (χ0v) is 13.8. The number of aliphatic hydroxyl groups excluding tert-OH is 1. The van der Waals surface area contributed by atoms with E-state index in [2.05, 4.69) is 29.2 Å². The van der Waals surface area contributed by atoms with E-state index in [9.17, 15) is 9.90 Å². The van der Waals surface area contributed by atoms with Gasteiger partial charge >= 0.3 is 0 Å². The van der Waals surface area contributed by atoms with Gasteiger partial charge in [0.05, 0.1) is 4.88 Å². The van der Waals surface area contributed by atoms with Crippen LogP contribution >= 0.6 is 11.3 Å². The minimum absolute atomic E-state index is 0.0316. The van der Waals surface area contributed by atoms with Crippen molar-refractivity contribution in [2.45, 2.75) is 19.4 Å². The molecule has 1 N–H and O–H groups in total. The van der Waals surface area contributed by atoms with Crippen LogP contribution in [0.15, 0.2) is 53.9 Å². The third-order valence-corrected chi connectivity index (χ3v) is 5.18. The normalized spacial score (nSPS) is 17.3. The predicted molar refractivity (Wildman–Crippen MR) is 94.4 cm³/mol. The van der Waals surface area contributed by atoms with Gasteiger partial charge < -0.3 is 5.11 Å². The molecule has 1 aliphatic heterocycles. The van der Waals surface area contributed by atoms with E-state index in [0.29, 0.717) is 0 Å². The highest BCUT2D eigenvalue weighted by Gasteiger charge is 2.24. The van der Waals surface area contributed by atoms with E-state index in [1.165, 1.54) is 23.0 Å². The molecule has 23 heavy (non-hydrogen) atoms. The van der Waals surface area contributed by atoms with Crippen LogP contribution in [-0.2, 0) is 11.3 Å². The number of hydrogen-bond acceptors (Lipinski definition) is 4. The first-order chi connectivity index (χ1) is 11.2. The molecule has 1 aromatic carbocycles. The highest BCUT2D eigenvalue weighted by Crippen LogP contribution is 2.23. The van der Waals surface area contributed by atoms with Crippen molar-refractivity contribution in [2.24, 2.45) is 5.92 Å². The summed E-state index contributed by atoms with van der Waals surface area (Å²) < 4.78 is 0. The van der Waals surface area contributed by atoms with Crippen molar-refractivity contribution in [3.63, 3.8) is 0 Å². The van der Waals surface area contributed by atoms with Crippen LogP contribution < -0.4 is 0 Å². The molecular weight excluding hydrogens is 306 g/mol. The van der Waals surface area contributed by atoms with Gasteiger partial charge in [0.15, 0.2) is 5.78 Å². The summed E-state index contributed by atoms with van der Waals surface area (Å²) in [5.41, 5.74) is 1.31. The van der Waals surface area contributed by atoms with Crippen molar-refractivity contribution in [2.75, 3.05) is 13.1 Å². The Kier molecular flexibility index (Phi) is 5.26. The second kappa shape index (κ2) is 7.57. The fourth-order valence-corrected chi connectivity index (χ4v) is 3.61. The van der Waals surface area contributed by atoms with Gasteiger partial charge in [0.25, 0.3) is 0 Å². The fraction of sp³-hybridized carbons (Fsp3) is 0.316. The molecule has 0 atom stereocenters. The van der Waals surface area contributed by atoms with E-state index >= 15 is 0 Å². The SMILES string of the molecule is O=C(/C=C(/O)c1cccs1)C1CCN(Cc2ccccc2)CC1. The van der Waals surface area contributed by atoms with Crippen LogP contribution in [0.2, 0.25) is 0 Å². The van der Waals surface area contributed by atoms with E-state index < -0.39 is 0 Å². The Morgan fingerprint density at radius 2 is 1.91 bits per heavy atom. The molecule has 3 rings (SSSR count). The first-order valence-electron chi connectivity index (χ1n) is 7.97. The summed E-state index contributed by atoms with van der Waals surface area (Å²) in [6.07, 6.45) is 3.13. The largest absolute Gasteiger partial charge is 0.506 e. The molecule has 120 valence electrons. The van der Waals surface area contributed by atoms with Crippen LogP contribution in [-0.4, -0.2) is 28.9 Å². The second-order valence-corrected chi connectivity index (χ2v) is 6.89. The van der Waals surface area contributed by atoms with Gasteiger partial charge in [-0.05, 0) is 42.9 Å². The number of thiophene rings is 1. The van der Waals surface area contributed by atoms with Crippen LogP contribution in [0.25, 0.3) is 5.76 Å². The van der Waals surface area contributed by atoms with Crippen molar-refractivity contribution in [3.8, 4) is 0 Å². The summed E-state index contributed by atoms with van der Waals surface area (Å²) in [6, 6.07) is 14.1. The molecule has 0 aliphatic carbocycles. The number of allylic oxidation sites excluding steroid dienone is 1. The van der Waals surface area contributed by atoms with Gasteiger partial charge in [-0.3, -0.25) is 9.69 Å². The van der Waals surface area contributed by atoms with E-state index in [4.69, 9.17) is 0 Å². The lowest BCUT2D eigenvalue weighted by Crippen LogP contribution is -2.35. The zero-order chi connectivity index (χ0) is 16.1. The predicted octanol–water partition coefficient (Wildman–Crippen LogP) is 4.13. The maximum atomic E-state index is 12.3. The zero-order valence-electron chi connectivity index (χ0n) is 13.0. The average molecular weight is 327 g/mol. The summed E-state index contributed by atoms with van der Waals surface area (Å²) in [5.74, 6) is 0.177. The number of rotatable bonds is 5. The molecule has 1 fully saturated rings. The standard InChI is InChI=1S/C19H21NO2S/c21-17(13-18(22)19-7-4-12-23-19)16-8-10-20(11-9-16)14-15-5-2-1-3-6-15/h1-7,12-13,16,22H,8-11,14H2/b18-13+. The molecule has 1 aromatic heterocycles. The fourth-order valence-electron chi connectivity index (χ4n) is 2.97. The van der Waals surface area contributed by atoms with Crippen LogP contribution in [0.5, 0.6) is 0 Å². The number of nitrogens with zero attached hydrogens (tertiary/aromatic N) is 1. The lowest BCUT2D eigenvalue weighted by molar-refractivity contribution is -0.119. The number of hydrogen-bond donors (Lipinski definition) is 1. The molecule has 4 heteroatoms. The molecule has 0 unspecified atom stereocenters. The van der Waals surface area contributed by atoms with Gasteiger partial charge in [-0.15, -0.1) is 11.3 Å². The summed E-state index contributed by atoms with van der Waals surface area (Å²) >= 11 is 1.44. The number of aliphatic hydroxyl groups is 1. The Balaban J connectivity index is 1.52. The minimum atomic E-state index is 0.0316. The first-order valence-corrected chi connectivity index (χ1v) is 8.85. The highest BCUT2D eigenvalue weighted by molar-refractivity contribution is 7.11. The Hall–Kier alpha value is -1.91. The molecule has 0 spiro atoms. The van der Waals surface area contributed by atoms with Crippen LogP contribution in [0.3, 0.4) is 0 Å². The number of carbonyl (C=O) groups is 1. The topological polar surface area (TPSA) is 40.5 Å². The highest BCUT2D eigenvalue weighted by atomic mass is 32.1. The van der Waals surface area contributed by atoms with E-state index in [1.807, 2.05) is 23.6 Å². The number of ketones is 1. The van der Waals surface area contributed by atoms with E-state index in [1.54, 1.807) is 0 Å². The Morgan fingerprint density at radius 1 is 1.17 bits per heavy atom. The number of carbonyl (C=O) groups excluding carboxylic acids is 1. The maximum absolute atomic E-state index is 12.3. The summed E-state index contributed by atoms with van der Waals surface area (Å²) in [7, 11) is 0. The summed E-state index contributed by atoms with van der Waals surface area (Å²) in [5, 5.41) is 11.9. The maximum Gasteiger partial charge on any atom is 0.162 e. The first kappa shape index (κ1) is 16.0.